The van der Waals surface area contributed by atoms with Gasteiger partial charge in [-0.05, 0) is 56.4 Å². The number of likely N-dealkylation sites (N-methyl/N-ethyl adjacent to an activating group) is 1. The van der Waals surface area contributed by atoms with E-state index in [1.165, 1.54) is 4.31 Å². The molecule has 2 aromatic carbocycles. The topological polar surface area (TPSA) is 86.8 Å². The Kier molecular flexibility index (Phi) is 11.0. The minimum Gasteiger partial charge on any atom is -0.355 e. The summed E-state index contributed by atoms with van der Waals surface area (Å²) in [5.74, 6) is -0.348. The number of amides is 2. The zero-order valence-corrected chi connectivity index (χ0v) is 22.5. The van der Waals surface area contributed by atoms with Gasteiger partial charge in [0.15, 0.2) is 0 Å². The number of benzene rings is 2. The Balaban J connectivity index is 2.17. The largest absolute Gasteiger partial charge is 0.355 e. The first-order chi connectivity index (χ1) is 16.6. The molecule has 0 saturated carbocycles. The number of anilines is 1. The van der Waals surface area contributed by atoms with Crippen LogP contribution in [0.3, 0.4) is 0 Å². The molecule has 2 rings (SSSR count). The first kappa shape index (κ1) is 28.7. The van der Waals surface area contributed by atoms with E-state index in [0.717, 1.165) is 17.4 Å². The molecule has 0 spiro atoms. The van der Waals surface area contributed by atoms with E-state index < -0.39 is 16.1 Å². The molecule has 9 heteroatoms. The third kappa shape index (κ3) is 8.54. The van der Waals surface area contributed by atoms with Crippen LogP contribution in [0.4, 0.5) is 5.69 Å². The molecule has 0 saturated heterocycles. The van der Waals surface area contributed by atoms with E-state index in [9.17, 15) is 18.0 Å². The lowest BCUT2D eigenvalue weighted by Crippen LogP contribution is -2.50. The van der Waals surface area contributed by atoms with Gasteiger partial charge in [-0.2, -0.15) is 0 Å². The van der Waals surface area contributed by atoms with E-state index in [1.54, 1.807) is 23.1 Å². The Labute approximate surface area is 214 Å². The van der Waals surface area contributed by atoms with E-state index in [-0.39, 0.29) is 24.8 Å². The van der Waals surface area contributed by atoms with Crippen molar-refractivity contribution in [2.75, 3.05) is 30.2 Å². The van der Waals surface area contributed by atoms with Crippen LogP contribution in [-0.4, -0.2) is 57.1 Å². The predicted molar refractivity (Wildman–Crippen MR) is 142 cm³/mol. The first-order valence-corrected chi connectivity index (χ1v) is 14.2. The summed E-state index contributed by atoms with van der Waals surface area (Å²) in [6.45, 7) is 6.57. The maximum Gasteiger partial charge on any atom is 0.242 e. The standard InChI is InChI=1S/C26H36ClN3O4S/c1-5-23(26(32)28-6-2)29(18-16-21-11-8-7-9-12-21)25(31)13-10-17-30(35(4,33)34)24-19-22(27)15-14-20(24)3/h7-9,11-12,14-15,19,23H,5-6,10,13,16-18H2,1-4H3,(H,28,32). The van der Waals surface area contributed by atoms with Crippen LogP contribution in [0.5, 0.6) is 0 Å². The van der Waals surface area contributed by atoms with E-state index in [4.69, 9.17) is 11.6 Å². The molecule has 7 nitrogen and oxygen atoms in total. The van der Waals surface area contributed by atoms with Crippen molar-refractivity contribution in [3.05, 3.63) is 64.7 Å². The molecule has 0 aromatic heterocycles. The molecule has 35 heavy (non-hydrogen) atoms. The third-order valence-corrected chi connectivity index (χ3v) is 7.23. The molecule has 0 heterocycles. The second-order valence-electron chi connectivity index (χ2n) is 8.51. The summed E-state index contributed by atoms with van der Waals surface area (Å²) in [5.41, 5.74) is 2.36. The minimum absolute atomic E-state index is 0.121. The highest BCUT2D eigenvalue weighted by atomic mass is 35.5. The second kappa shape index (κ2) is 13.5. The number of carbonyl (C=O) groups excluding carboxylic acids is 2. The molecule has 2 amide bonds. The van der Waals surface area contributed by atoms with Crippen LogP contribution in [0.1, 0.15) is 44.2 Å². The molecule has 1 N–H and O–H groups in total. The van der Waals surface area contributed by atoms with E-state index in [1.807, 2.05) is 51.1 Å². The summed E-state index contributed by atoms with van der Waals surface area (Å²) in [4.78, 5) is 27.6. The summed E-state index contributed by atoms with van der Waals surface area (Å²) in [5, 5.41) is 3.26. The Hall–Kier alpha value is -2.58. The van der Waals surface area contributed by atoms with Crippen molar-refractivity contribution in [3.63, 3.8) is 0 Å². The predicted octanol–water partition coefficient (Wildman–Crippen LogP) is 4.18. The highest BCUT2D eigenvalue weighted by molar-refractivity contribution is 7.92. The Morgan fingerprint density at radius 2 is 1.74 bits per heavy atom. The van der Waals surface area contributed by atoms with Gasteiger partial charge in [-0.3, -0.25) is 13.9 Å². The van der Waals surface area contributed by atoms with Gasteiger partial charge < -0.3 is 10.2 Å². The summed E-state index contributed by atoms with van der Waals surface area (Å²) < 4.78 is 26.3. The van der Waals surface area contributed by atoms with Crippen molar-refractivity contribution in [2.24, 2.45) is 0 Å². The van der Waals surface area contributed by atoms with Crippen molar-refractivity contribution in [2.45, 2.75) is 52.5 Å². The number of rotatable bonds is 13. The SMILES string of the molecule is CCNC(=O)C(CC)N(CCc1ccccc1)C(=O)CCCN(c1cc(Cl)ccc1C)S(C)(=O)=O. The van der Waals surface area contributed by atoms with Gasteiger partial charge in [0.2, 0.25) is 21.8 Å². The van der Waals surface area contributed by atoms with Gasteiger partial charge in [-0.1, -0.05) is 54.9 Å². The number of nitrogens with zero attached hydrogens (tertiary/aromatic N) is 2. The van der Waals surface area contributed by atoms with Gasteiger partial charge in [-0.25, -0.2) is 8.42 Å². The molecule has 1 unspecified atom stereocenters. The van der Waals surface area contributed by atoms with Crippen LogP contribution in [0, 0.1) is 6.92 Å². The average Bonchev–Trinajstić information content (AvgIpc) is 2.81. The molecule has 0 aliphatic carbocycles. The minimum atomic E-state index is -3.58. The lowest BCUT2D eigenvalue weighted by atomic mass is 10.1. The second-order valence-corrected chi connectivity index (χ2v) is 10.9. The maximum atomic E-state index is 13.3. The van der Waals surface area contributed by atoms with Gasteiger partial charge in [0.1, 0.15) is 6.04 Å². The number of nitrogens with one attached hydrogen (secondary N) is 1. The molecule has 0 radical (unpaired) electrons. The van der Waals surface area contributed by atoms with Crippen LogP contribution >= 0.6 is 11.6 Å². The van der Waals surface area contributed by atoms with Crippen LogP contribution in [-0.2, 0) is 26.0 Å². The van der Waals surface area contributed by atoms with Gasteiger partial charge in [0.25, 0.3) is 0 Å². The monoisotopic (exact) mass is 521 g/mol. The molecular formula is C26H36ClN3O4S. The number of carbonyl (C=O) groups is 2. The quantitative estimate of drug-likeness (QED) is 0.428. The van der Waals surface area contributed by atoms with Crippen LogP contribution < -0.4 is 9.62 Å². The van der Waals surface area contributed by atoms with Crippen molar-refractivity contribution >= 4 is 39.1 Å². The van der Waals surface area contributed by atoms with Gasteiger partial charge in [0.05, 0.1) is 11.9 Å². The Morgan fingerprint density at radius 3 is 2.34 bits per heavy atom. The molecule has 192 valence electrons. The molecule has 0 aliphatic heterocycles. The zero-order chi connectivity index (χ0) is 26.0. The number of hydrogen-bond acceptors (Lipinski definition) is 4. The average molecular weight is 522 g/mol. The molecule has 1 atom stereocenters. The molecule has 0 fully saturated rings. The molecule has 0 aliphatic rings. The molecular weight excluding hydrogens is 486 g/mol. The summed E-state index contributed by atoms with van der Waals surface area (Å²) in [6.07, 6.45) is 2.69. The van der Waals surface area contributed by atoms with Crippen molar-refractivity contribution < 1.29 is 18.0 Å². The van der Waals surface area contributed by atoms with E-state index >= 15 is 0 Å². The van der Waals surface area contributed by atoms with E-state index in [0.29, 0.717) is 43.1 Å². The first-order valence-electron chi connectivity index (χ1n) is 11.9. The fourth-order valence-corrected chi connectivity index (χ4v) is 5.20. The number of aryl methyl sites for hydroxylation is 1. The summed E-state index contributed by atoms with van der Waals surface area (Å²) in [7, 11) is -3.58. The van der Waals surface area contributed by atoms with Crippen LogP contribution in [0.2, 0.25) is 5.02 Å². The van der Waals surface area contributed by atoms with E-state index in [2.05, 4.69) is 5.32 Å². The highest BCUT2D eigenvalue weighted by Gasteiger charge is 2.28. The summed E-state index contributed by atoms with van der Waals surface area (Å²) in [6, 6.07) is 14.3. The smallest absolute Gasteiger partial charge is 0.242 e. The number of hydrogen-bond donors (Lipinski definition) is 1. The van der Waals surface area contributed by atoms with Crippen molar-refractivity contribution in [1.29, 1.82) is 0 Å². The fraction of sp³-hybridized carbons (Fsp3) is 0.462. The van der Waals surface area contributed by atoms with Crippen molar-refractivity contribution in [1.82, 2.24) is 10.2 Å². The maximum absolute atomic E-state index is 13.3. The van der Waals surface area contributed by atoms with Crippen LogP contribution in [0.15, 0.2) is 48.5 Å². The highest BCUT2D eigenvalue weighted by Crippen LogP contribution is 2.26. The number of halogens is 1. The number of sulfonamides is 1. The van der Waals surface area contributed by atoms with Crippen LogP contribution in [0.25, 0.3) is 0 Å². The lowest BCUT2D eigenvalue weighted by molar-refractivity contribution is -0.140. The van der Waals surface area contributed by atoms with Crippen molar-refractivity contribution in [3.8, 4) is 0 Å². The molecule has 2 aromatic rings. The zero-order valence-electron chi connectivity index (χ0n) is 21.0. The van der Waals surface area contributed by atoms with Gasteiger partial charge >= 0.3 is 0 Å². The van der Waals surface area contributed by atoms with Gasteiger partial charge in [-0.15, -0.1) is 0 Å². The summed E-state index contributed by atoms with van der Waals surface area (Å²) >= 11 is 6.11. The normalized spacial score (nSPS) is 12.1. The Morgan fingerprint density at radius 1 is 1.06 bits per heavy atom. The third-order valence-electron chi connectivity index (χ3n) is 5.81. The fourth-order valence-electron chi connectivity index (χ4n) is 4.02. The molecule has 0 bridgehead atoms. The van der Waals surface area contributed by atoms with Gasteiger partial charge in [0, 0.05) is 31.1 Å². The lowest BCUT2D eigenvalue weighted by Gasteiger charge is -2.31. The Bertz CT molecular complexity index is 1090.